The van der Waals surface area contributed by atoms with Crippen LogP contribution in [0.25, 0.3) is 0 Å². The van der Waals surface area contributed by atoms with E-state index >= 15 is 0 Å². The molecule has 1 atom stereocenters. The molecule has 0 bridgehead atoms. The molecule has 21 heavy (non-hydrogen) atoms. The molecule has 6 heteroatoms. The van der Waals surface area contributed by atoms with Crippen LogP contribution >= 0.6 is 23.2 Å². The second-order valence-corrected chi connectivity index (χ2v) is 5.77. The third kappa shape index (κ3) is 7.55. The van der Waals surface area contributed by atoms with Gasteiger partial charge in [0.1, 0.15) is 5.75 Å². The van der Waals surface area contributed by atoms with E-state index in [0.717, 1.165) is 12.8 Å². The van der Waals surface area contributed by atoms with Crippen molar-refractivity contribution in [2.45, 2.75) is 26.2 Å². The lowest BCUT2D eigenvalue weighted by Crippen LogP contribution is -2.26. The summed E-state index contributed by atoms with van der Waals surface area (Å²) in [5, 5.41) is 12.6. The topological polar surface area (TPSA) is 58.6 Å². The van der Waals surface area contributed by atoms with Crippen molar-refractivity contribution in [2.24, 2.45) is 5.92 Å². The average Bonchev–Trinajstić information content (AvgIpc) is 2.47. The van der Waals surface area contributed by atoms with Crippen LogP contribution in [0.1, 0.15) is 26.2 Å². The number of amides is 1. The molecule has 0 radical (unpaired) electrons. The number of carbonyl (C=O) groups excluding carboxylic acids is 1. The highest BCUT2D eigenvalue weighted by Gasteiger charge is 2.04. The van der Waals surface area contributed by atoms with Gasteiger partial charge in [-0.3, -0.25) is 4.79 Å². The number of ether oxygens (including phenoxy) is 1. The van der Waals surface area contributed by atoms with Gasteiger partial charge in [-0.1, -0.05) is 30.1 Å². The van der Waals surface area contributed by atoms with Gasteiger partial charge < -0.3 is 15.2 Å². The minimum Gasteiger partial charge on any atom is -0.493 e. The number of halogens is 2. The number of hydrogen-bond acceptors (Lipinski definition) is 3. The zero-order valence-electron chi connectivity index (χ0n) is 12.1. The van der Waals surface area contributed by atoms with E-state index in [-0.39, 0.29) is 31.5 Å². The maximum Gasteiger partial charge on any atom is 0.223 e. The van der Waals surface area contributed by atoms with E-state index in [2.05, 4.69) is 5.32 Å². The molecule has 0 saturated carbocycles. The van der Waals surface area contributed by atoms with Crippen molar-refractivity contribution in [3.05, 3.63) is 28.2 Å². The second kappa shape index (κ2) is 9.87. The number of nitrogens with one attached hydrogen (secondary N) is 1. The summed E-state index contributed by atoms with van der Waals surface area (Å²) in [6.45, 7) is 3.07. The zero-order chi connectivity index (χ0) is 15.7. The Hall–Kier alpha value is -0.970. The maximum atomic E-state index is 11.6. The van der Waals surface area contributed by atoms with Crippen LogP contribution in [-0.2, 0) is 4.79 Å². The predicted molar refractivity (Wildman–Crippen MR) is 85.1 cm³/mol. The Morgan fingerprint density at radius 1 is 1.38 bits per heavy atom. The van der Waals surface area contributed by atoms with Gasteiger partial charge in [-0.25, -0.2) is 0 Å². The Kier molecular flexibility index (Phi) is 8.50. The van der Waals surface area contributed by atoms with E-state index in [1.165, 1.54) is 0 Å². The van der Waals surface area contributed by atoms with Crippen LogP contribution in [0.5, 0.6) is 5.75 Å². The summed E-state index contributed by atoms with van der Waals surface area (Å²) in [6, 6.07) is 4.99. The minimum absolute atomic E-state index is 0.0493. The molecule has 4 nitrogen and oxygen atoms in total. The van der Waals surface area contributed by atoms with Gasteiger partial charge in [0, 0.05) is 19.2 Å². The SMILES string of the molecule is CC(CO)CCCNC(=O)CCOc1ccc(Cl)c(Cl)c1. The Balaban J connectivity index is 2.14. The molecule has 2 N–H and O–H groups in total. The molecule has 0 aliphatic rings. The van der Waals surface area contributed by atoms with Gasteiger partial charge in [0.2, 0.25) is 5.91 Å². The largest absolute Gasteiger partial charge is 0.493 e. The molecule has 0 aliphatic carbocycles. The number of aliphatic hydroxyl groups excluding tert-OH is 1. The molecule has 0 fully saturated rings. The van der Waals surface area contributed by atoms with E-state index in [1.54, 1.807) is 18.2 Å². The smallest absolute Gasteiger partial charge is 0.223 e. The van der Waals surface area contributed by atoms with E-state index in [1.807, 2.05) is 6.92 Å². The number of aliphatic hydroxyl groups is 1. The van der Waals surface area contributed by atoms with Crippen LogP contribution in [0, 0.1) is 5.92 Å². The molecule has 0 spiro atoms. The zero-order valence-corrected chi connectivity index (χ0v) is 13.6. The molecule has 0 heterocycles. The van der Waals surface area contributed by atoms with E-state index in [0.29, 0.717) is 22.3 Å². The van der Waals surface area contributed by atoms with Gasteiger partial charge in [0.15, 0.2) is 0 Å². The molecule has 1 aromatic rings. The maximum absolute atomic E-state index is 11.6. The van der Waals surface area contributed by atoms with Crippen molar-refractivity contribution in [1.82, 2.24) is 5.32 Å². The predicted octanol–water partition coefficient (Wildman–Crippen LogP) is 3.29. The van der Waals surface area contributed by atoms with Crippen molar-refractivity contribution in [3.63, 3.8) is 0 Å². The molecule has 0 aliphatic heterocycles. The van der Waals surface area contributed by atoms with Gasteiger partial charge >= 0.3 is 0 Å². The van der Waals surface area contributed by atoms with E-state index in [9.17, 15) is 4.79 Å². The third-order valence-electron chi connectivity index (χ3n) is 3.00. The first kappa shape index (κ1) is 18.1. The molecule has 1 aromatic carbocycles. The summed E-state index contributed by atoms with van der Waals surface area (Å²) in [6.07, 6.45) is 2.05. The van der Waals surface area contributed by atoms with Gasteiger partial charge in [-0.15, -0.1) is 0 Å². The lowest BCUT2D eigenvalue weighted by atomic mass is 10.1. The van der Waals surface area contributed by atoms with Crippen LogP contribution < -0.4 is 10.1 Å². The summed E-state index contributed by atoms with van der Waals surface area (Å²) in [7, 11) is 0. The molecule has 0 saturated heterocycles. The summed E-state index contributed by atoms with van der Waals surface area (Å²) in [5.74, 6) is 0.820. The Labute approximate surface area is 135 Å². The van der Waals surface area contributed by atoms with Crippen molar-refractivity contribution < 1.29 is 14.6 Å². The number of rotatable bonds is 9. The second-order valence-electron chi connectivity index (χ2n) is 4.95. The number of hydrogen-bond donors (Lipinski definition) is 2. The first-order valence-electron chi connectivity index (χ1n) is 6.98. The van der Waals surface area contributed by atoms with Crippen LogP contribution in [0.15, 0.2) is 18.2 Å². The highest BCUT2D eigenvalue weighted by atomic mass is 35.5. The lowest BCUT2D eigenvalue weighted by molar-refractivity contribution is -0.121. The van der Waals surface area contributed by atoms with Gasteiger partial charge in [0.25, 0.3) is 0 Å². The normalized spacial score (nSPS) is 12.0. The fourth-order valence-electron chi connectivity index (χ4n) is 1.69. The summed E-state index contributed by atoms with van der Waals surface area (Å²) in [5.41, 5.74) is 0. The Morgan fingerprint density at radius 3 is 2.81 bits per heavy atom. The standard InChI is InChI=1S/C15H21Cl2NO3/c1-11(10-19)3-2-7-18-15(20)6-8-21-12-4-5-13(16)14(17)9-12/h4-5,9,11,19H,2-3,6-8,10H2,1H3,(H,18,20). The Morgan fingerprint density at radius 2 is 2.14 bits per heavy atom. The average molecular weight is 334 g/mol. The summed E-state index contributed by atoms with van der Waals surface area (Å²) >= 11 is 11.7. The molecular weight excluding hydrogens is 313 g/mol. The molecule has 0 aromatic heterocycles. The fourth-order valence-corrected chi connectivity index (χ4v) is 1.97. The van der Waals surface area contributed by atoms with Crippen LogP contribution in [0.4, 0.5) is 0 Å². The van der Waals surface area contributed by atoms with Crippen molar-refractivity contribution in [2.75, 3.05) is 19.8 Å². The summed E-state index contributed by atoms with van der Waals surface area (Å²) < 4.78 is 5.44. The van der Waals surface area contributed by atoms with Crippen LogP contribution in [0.3, 0.4) is 0 Å². The molecular formula is C15H21Cl2NO3. The summed E-state index contributed by atoms with van der Waals surface area (Å²) in [4.78, 5) is 11.6. The fraction of sp³-hybridized carbons (Fsp3) is 0.533. The first-order chi connectivity index (χ1) is 10.0. The minimum atomic E-state index is -0.0493. The lowest BCUT2D eigenvalue weighted by Gasteiger charge is -2.09. The van der Waals surface area contributed by atoms with Crippen molar-refractivity contribution in [1.29, 1.82) is 0 Å². The third-order valence-corrected chi connectivity index (χ3v) is 3.74. The molecule has 118 valence electrons. The van der Waals surface area contributed by atoms with Gasteiger partial charge in [-0.05, 0) is 30.9 Å². The molecule has 1 amide bonds. The quantitative estimate of drug-likeness (QED) is 0.682. The highest BCUT2D eigenvalue weighted by Crippen LogP contribution is 2.26. The van der Waals surface area contributed by atoms with Crippen molar-refractivity contribution in [3.8, 4) is 5.75 Å². The van der Waals surface area contributed by atoms with Crippen LogP contribution in [-0.4, -0.2) is 30.8 Å². The van der Waals surface area contributed by atoms with Gasteiger partial charge in [0.05, 0.1) is 23.1 Å². The molecule has 1 rings (SSSR count). The van der Waals surface area contributed by atoms with Crippen LogP contribution in [0.2, 0.25) is 10.0 Å². The molecule has 1 unspecified atom stereocenters. The number of benzene rings is 1. The van der Waals surface area contributed by atoms with E-state index in [4.69, 9.17) is 33.0 Å². The van der Waals surface area contributed by atoms with Crippen molar-refractivity contribution >= 4 is 29.1 Å². The first-order valence-corrected chi connectivity index (χ1v) is 7.74. The van der Waals surface area contributed by atoms with E-state index < -0.39 is 0 Å². The highest BCUT2D eigenvalue weighted by molar-refractivity contribution is 6.42. The monoisotopic (exact) mass is 333 g/mol. The Bertz CT molecular complexity index is 455. The van der Waals surface area contributed by atoms with Gasteiger partial charge in [-0.2, -0.15) is 0 Å². The number of carbonyl (C=O) groups is 1.